The molecular weight excluding hydrogens is 360 g/mol. The lowest BCUT2D eigenvalue weighted by atomic mass is 10.1. The highest BCUT2D eigenvalue weighted by Crippen LogP contribution is 2.31. The molecule has 2 rings (SSSR count). The number of amides is 1. The van der Waals surface area contributed by atoms with Crippen molar-refractivity contribution in [3.8, 4) is 5.75 Å². The van der Waals surface area contributed by atoms with E-state index >= 15 is 0 Å². The van der Waals surface area contributed by atoms with E-state index in [1.165, 1.54) is 16.3 Å². The van der Waals surface area contributed by atoms with E-state index in [1.54, 1.807) is 31.4 Å². The quantitative estimate of drug-likeness (QED) is 0.785. The Balaban J connectivity index is 2.32. The maximum absolute atomic E-state index is 12.4. The van der Waals surface area contributed by atoms with Crippen molar-refractivity contribution < 1.29 is 27.8 Å². The van der Waals surface area contributed by atoms with Crippen molar-refractivity contribution in [2.24, 2.45) is 0 Å². The SMILES string of the molecule is COC(=O)N1[C@H](C)C[C@H](N(Cc2ccc(OC)cc2)S(C)(=O)=O)[C@@H]1CO. The lowest BCUT2D eigenvalue weighted by Crippen LogP contribution is -2.50. The number of sulfonamides is 1. The number of hydrogen-bond donors (Lipinski definition) is 1. The van der Waals surface area contributed by atoms with Crippen LogP contribution in [0, 0.1) is 0 Å². The van der Waals surface area contributed by atoms with E-state index in [4.69, 9.17) is 9.47 Å². The van der Waals surface area contributed by atoms with Crippen molar-refractivity contribution in [1.29, 1.82) is 0 Å². The molecule has 0 spiro atoms. The van der Waals surface area contributed by atoms with Gasteiger partial charge in [-0.25, -0.2) is 13.2 Å². The van der Waals surface area contributed by atoms with Crippen LogP contribution in [0.2, 0.25) is 0 Å². The lowest BCUT2D eigenvalue weighted by molar-refractivity contribution is 0.0769. The molecule has 1 amide bonds. The zero-order valence-corrected chi connectivity index (χ0v) is 16.3. The smallest absolute Gasteiger partial charge is 0.410 e. The lowest BCUT2D eigenvalue weighted by Gasteiger charge is -2.32. The van der Waals surface area contributed by atoms with Gasteiger partial charge in [0.15, 0.2) is 0 Å². The van der Waals surface area contributed by atoms with Gasteiger partial charge in [-0.15, -0.1) is 0 Å². The molecule has 1 aliphatic rings. The predicted molar refractivity (Wildman–Crippen MR) is 96.4 cm³/mol. The minimum atomic E-state index is -3.57. The summed E-state index contributed by atoms with van der Waals surface area (Å²) < 4.78 is 36.1. The summed E-state index contributed by atoms with van der Waals surface area (Å²) in [4.78, 5) is 13.5. The highest BCUT2D eigenvalue weighted by Gasteiger charge is 2.46. The molecule has 146 valence electrons. The second-order valence-electron chi connectivity index (χ2n) is 6.44. The summed E-state index contributed by atoms with van der Waals surface area (Å²) in [5.74, 6) is 0.680. The van der Waals surface area contributed by atoms with Gasteiger partial charge in [-0.1, -0.05) is 12.1 Å². The summed E-state index contributed by atoms with van der Waals surface area (Å²) in [5, 5.41) is 9.83. The Morgan fingerprint density at radius 3 is 2.38 bits per heavy atom. The fourth-order valence-electron chi connectivity index (χ4n) is 3.46. The van der Waals surface area contributed by atoms with Crippen LogP contribution >= 0.6 is 0 Å². The predicted octanol–water partition coefficient (Wildman–Crippen LogP) is 1.05. The van der Waals surface area contributed by atoms with Gasteiger partial charge in [-0.2, -0.15) is 4.31 Å². The molecule has 1 aromatic rings. The average molecular weight is 386 g/mol. The normalized spacial score (nSPS) is 23.3. The Kier molecular flexibility index (Phi) is 6.48. The Morgan fingerprint density at radius 2 is 1.92 bits per heavy atom. The summed E-state index contributed by atoms with van der Waals surface area (Å²) in [6, 6.07) is 5.67. The van der Waals surface area contributed by atoms with Gasteiger partial charge in [-0.05, 0) is 31.0 Å². The average Bonchev–Trinajstić information content (AvgIpc) is 2.94. The van der Waals surface area contributed by atoms with Crippen LogP contribution in [0.1, 0.15) is 18.9 Å². The Bertz CT molecular complexity index is 721. The summed E-state index contributed by atoms with van der Waals surface area (Å²) >= 11 is 0. The largest absolute Gasteiger partial charge is 0.497 e. The number of carbonyl (C=O) groups excluding carboxylic acids is 1. The molecule has 3 atom stereocenters. The monoisotopic (exact) mass is 386 g/mol. The molecule has 0 aromatic heterocycles. The topological polar surface area (TPSA) is 96.4 Å². The number of likely N-dealkylation sites (tertiary alicyclic amines) is 1. The molecule has 0 unspecified atom stereocenters. The van der Waals surface area contributed by atoms with Crippen LogP contribution in [-0.4, -0.2) is 74.0 Å². The van der Waals surface area contributed by atoms with E-state index in [0.29, 0.717) is 12.2 Å². The van der Waals surface area contributed by atoms with Gasteiger partial charge in [0.1, 0.15) is 5.75 Å². The van der Waals surface area contributed by atoms with Gasteiger partial charge < -0.3 is 14.6 Å². The molecular formula is C17H26N2O6S. The molecule has 0 radical (unpaired) electrons. The van der Waals surface area contributed by atoms with Gasteiger partial charge in [0.05, 0.1) is 33.1 Å². The first-order chi connectivity index (χ1) is 12.2. The molecule has 1 aromatic carbocycles. The third kappa shape index (κ3) is 4.28. The number of benzene rings is 1. The molecule has 1 aliphatic heterocycles. The van der Waals surface area contributed by atoms with Gasteiger partial charge in [-0.3, -0.25) is 4.90 Å². The van der Waals surface area contributed by atoms with Gasteiger partial charge in [0.25, 0.3) is 0 Å². The van der Waals surface area contributed by atoms with E-state index in [-0.39, 0.29) is 19.2 Å². The molecule has 26 heavy (non-hydrogen) atoms. The standard InChI is InChI=1S/C17H26N2O6S/c1-12-9-15(16(11-20)19(12)17(21)25-3)18(26(4,22)23)10-13-5-7-14(24-2)8-6-13/h5-8,12,15-16,20H,9-11H2,1-4H3/t12-,15+,16+/m1/s1. The Labute approximate surface area is 154 Å². The van der Waals surface area contributed by atoms with Gasteiger partial charge >= 0.3 is 6.09 Å². The zero-order valence-electron chi connectivity index (χ0n) is 15.5. The van der Waals surface area contributed by atoms with Crippen molar-refractivity contribution in [2.45, 2.75) is 38.0 Å². The highest BCUT2D eigenvalue weighted by atomic mass is 32.2. The van der Waals surface area contributed by atoms with Crippen LogP contribution in [0.4, 0.5) is 4.79 Å². The minimum Gasteiger partial charge on any atom is -0.497 e. The number of methoxy groups -OCH3 is 2. The zero-order chi connectivity index (χ0) is 19.5. The molecule has 8 nitrogen and oxygen atoms in total. The van der Waals surface area contributed by atoms with E-state index < -0.39 is 28.2 Å². The summed E-state index contributed by atoms with van der Waals surface area (Å²) in [7, 11) is -0.745. The first kappa shape index (κ1) is 20.5. The van der Waals surface area contributed by atoms with Crippen molar-refractivity contribution >= 4 is 16.1 Å². The van der Waals surface area contributed by atoms with Crippen LogP contribution in [0.25, 0.3) is 0 Å². The number of rotatable bonds is 6. The number of carbonyl (C=O) groups is 1. The fourth-order valence-corrected chi connectivity index (χ4v) is 4.57. The van der Waals surface area contributed by atoms with Crippen molar-refractivity contribution in [2.75, 3.05) is 27.1 Å². The molecule has 0 aliphatic carbocycles. The summed E-state index contributed by atoms with van der Waals surface area (Å²) in [6.07, 6.45) is 0.983. The number of nitrogens with zero attached hydrogens (tertiary/aromatic N) is 2. The van der Waals surface area contributed by atoms with Crippen molar-refractivity contribution in [1.82, 2.24) is 9.21 Å². The minimum absolute atomic E-state index is 0.145. The van der Waals surface area contributed by atoms with E-state index in [9.17, 15) is 18.3 Å². The van der Waals surface area contributed by atoms with Gasteiger partial charge in [0, 0.05) is 18.6 Å². The summed E-state index contributed by atoms with van der Waals surface area (Å²) in [5.41, 5.74) is 0.789. The van der Waals surface area contributed by atoms with E-state index in [1.807, 2.05) is 6.92 Å². The molecule has 0 bridgehead atoms. The number of aliphatic hydroxyl groups is 1. The molecule has 1 fully saturated rings. The number of ether oxygens (including phenoxy) is 2. The maximum atomic E-state index is 12.4. The second kappa shape index (κ2) is 8.24. The van der Waals surface area contributed by atoms with Crippen molar-refractivity contribution in [3.05, 3.63) is 29.8 Å². The number of aliphatic hydroxyl groups excluding tert-OH is 1. The van der Waals surface area contributed by atoms with Crippen LogP contribution in [0.15, 0.2) is 24.3 Å². The molecule has 1 N–H and O–H groups in total. The molecule has 1 saturated heterocycles. The summed E-state index contributed by atoms with van der Waals surface area (Å²) in [6.45, 7) is 1.61. The third-order valence-electron chi connectivity index (χ3n) is 4.72. The first-order valence-electron chi connectivity index (χ1n) is 8.29. The van der Waals surface area contributed by atoms with Gasteiger partial charge in [0.2, 0.25) is 10.0 Å². The van der Waals surface area contributed by atoms with E-state index in [0.717, 1.165) is 11.8 Å². The van der Waals surface area contributed by atoms with E-state index in [2.05, 4.69) is 0 Å². The Morgan fingerprint density at radius 1 is 1.31 bits per heavy atom. The molecule has 9 heteroatoms. The second-order valence-corrected chi connectivity index (χ2v) is 8.37. The fraction of sp³-hybridized carbons (Fsp3) is 0.588. The Hall–Kier alpha value is -1.84. The molecule has 0 saturated carbocycles. The first-order valence-corrected chi connectivity index (χ1v) is 10.1. The number of hydrogen-bond acceptors (Lipinski definition) is 6. The maximum Gasteiger partial charge on any atom is 0.410 e. The molecule has 1 heterocycles. The van der Waals surface area contributed by atoms with Crippen LogP contribution < -0.4 is 4.74 Å². The van der Waals surface area contributed by atoms with Crippen LogP contribution in [0.3, 0.4) is 0 Å². The third-order valence-corrected chi connectivity index (χ3v) is 5.98. The van der Waals surface area contributed by atoms with Crippen LogP contribution in [-0.2, 0) is 21.3 Å². The highest BCUT2D eigenvalue weighted by molar-refractivity contribution is 7.88. The van der Waals surface area contributed by atoms with Crippen molar-refractivity contribution in [3.63, 3.8) is 0 Å². The van der Waals surface area contributed by atoms with Crippen LogP contribution in [0.5, 0.6) is 5.75 Å².